The first-order chi connectivity index (χ1) is 10.0. The molecular weight excluding hydrogens is 298 g/mol. The van der Waals surface area contributed by atoms with Crippen molar-refractivity contribution in [3.63, 3.8) is 0 Å². The summed E-state index contributed by atoms with van der Waals surface area (Å²) in [5, 5.41) is 9.00. The molecule has 0 unspecified atom stereocenters. The van der Waals surface area contributed by atoms with Crippen LogP contribution in [0.25, 0.3) is 16.7 Å². The van der Waals surface area contributed by atoms with Gasteiger partial charge in [-0.2, -0.15) is 5.26 Å². The Kier molecular flexibility index (Phi) is 3.00. The van der Waals surface area contributed by atoms with Crippen LogP contribution in [0.3, 0.4) is 0 Å². The number of hydrogen-bond donors (Lipinski definition) is 1. The van der Waals surface area contributed by atoms with Gasteiger partial charge in [0.2, 0.25) is 5.95 Å². The topological polar surface area (TPSA) is 67.6 Å². The number of benzene rings is 2. The molecule has 2 aromatic carbocycles. The van der Waals surface area contributed by atoms with Crippen molar-refractivity contribution in [1.29, 1.82) is 5.26 Å². The van der Waals surface area contributed by atoms with Crippen LogP contribution in [0.1, 0.15) is 5.56 Å². The van der Waals surface area contributed by atoms with Crippen molar-refractivity contribution in [2.75, 3.05) is 5.73 Å². The smallest absolute Gasteiger partial charge is 0.205 e. The minimum Gasteiger partial charge on any atom is -0.369 e. The Hall–Kier alpha value is -2.65. The van der Waals surface area contributed by atoms with Gasteiger partial charge >= 0.3 is 0 Å². The zero-order chi connectivity index (χ0) is 15.1. The van der Waals surface area contributed by atoms with E-state index >= 15 is 0 Å². The predicted octanol–water partition coefficient (Wildman–Crippen LogP) is 3.41. The van der Waals surface area contributed by atoms with Crippen molar-refractivity contribution < 1.29 is 8.78 Å². The molecule has 21 heavy (non-hydrogen) atoms. The zero-order valence-corrected chi connectivity index (χ0v) is 11.2. The van der Waals surface area contributed by atoms with Gasteiger partial charge in [0.05, 0.1) is 21.7 Å². The van der Waals surface area contributed by atoms with Crippen LogP contribution in [0.4, 0.5) is 14.7 Å². The maximum Gasteiger partial charge on any atom is 0.205 e. The summed E-state index contributed by atoms with van der Waals surface area (Å²) in [7, 11) is 0. The minimum atomic E-state index is -0.676. The molecule has 0 bridgehead atoms. The first-order valence-electron chi connectivity index (χ1n) is 5.85. The average Bonchev–Trinajstić information content (AvgIpc) is 2.74. The number of aromatic nitrogens is 2. The van der Waals surface area contributed by atoms with E-state index in [0.717, 1.165) is 6.07 Å². The third-order valence-corrected chi connectivity index (χ3v) is 3.36. The molecule has 0 radical (unpaired) electrons. The highest BCUT2D eigenvalue weighted by molar-refractivity contribution is 6.31. The van der Waals surface area contributed by atoms with Crippen LogP contribution in [0, 0.1) is 23.0 Å². The van der Waals surface area contributed by atoms with E-state index in [4.69, 9.17) is 22.6 Å². The minimum absolute atomic E-state index is 0.00812. The molecule has 7 heteroatoms. The number of hydrogen-bond acceptors (Lipinski definition) is 3. The Bertz CT molecular complexity index is 911. The van der Waals surface area contributed by atoms with Gasteiger partial charge in [0, 0.05) is 6.07 Å². The van der Waals surface area contributed by atoms with Gasteiger partial charge < -0.3 is 5.73 Å². The van der Waals surface area contributed by atoms with Crippen LogP contribution in [0.2, 0.25) is 5.02 Å². The summed E-state index contributed by atoms with van der Waals surface area (Å²) in [6.07, 6.45) is 0. The molecule has 0 saturated heterocycles. The highest BCUT2D eigenvalue weighted by Gasteiger charge is 2.17. The number of fused-ring (bicyclic) bond motifs is 1. The fourth-order valence-electron chi connectivity index (χ4n) is 2.15. The lowest BCUT2D eigenvalue weighted by molar-refractivity contribution is 0.622. The van der Waals surface area contributed by atoms with Gasteiger partial charge in [0.25, 0.3) is 0 Å². The summed E-state index contributed by atoms with van der Waals surface area (Å²) in [5.41, 5.74) is 6.52. The maximum atomic E-state index is 13.7. The molecule has 3 rings (SSSR count). The van der Waals surface area contributed by atoms with Gasteiger partial charge in [0.15, 0.2) is 0 Å². The summed E-state index contributed by atoms with van der Waals surface area (Å²) in [6, 6.07) is 8.39. The van der Waals surface area contributed by atoms with Gasteiger partial charge in [-0.1, -0.05) is 17.7 Å². The fourth-order valence-corrected chi connectivity index (χ4v) is 2.31. The first kappa shape index (κ1) is 13.3. The van der Waals surface area contributed by atoms with Gasteiger partial charge in [-0.05, 0) is 18.2 Å². The lowest BCUT2D eigenvalue weighted by Crippen LogP contribution is -2.04. The standard InChI is InChI=1S/C14H7ClF2N4/c15-8-4-13-11(5-10(8)17)20-14(19)21(13)12-3-1-2-9(16)7(12)6-18/h1-5H,(H2,19,20). The lowest BCUT2D eigenvalue weighted by atomic mass is 10.1. The number of nitrogens with two attached hydrogens (primary N) is 1. The second-order valence-corrected chi connectivity index (χ2v) is 4.71. The number of nitriles is 1. The third-order valence-electron chi connectivity index (χ3n) is 3.07. The fraction of sp³-hybridized carbons (Fsp3) is 0. The Morgan fingerprint density at radius 3 is 2.71 bits per heavy atom. The van der Waals surface area contributed by atoms with E-state index in [1.165, 1.54) is 28.8 Å². The van der Waals surface area contributed by atoms with Crippen molar-refractivity contribution in [3.8, 4) is 11.8 Å². The summed E-state index contributed by atoms with van der Waals surface area (Å²) in [4.78, 5) is 4.01. The number of anilines is 1. The van der Waals surface area contributed by atoms with Crippen molar-refractivity contribution in [2.24, 2.45) is 0 Å². The number of nitrogens with zero attached hydrogens (tertiary/aromatic N) is 3. The number of halogens is 3. The van der Waals surface area contributed by atoms with E-state index < -0.39 is 11.6 Å². The molecule has 0 aliphatic heterocycles. The summed E-state index contributed by atoms with van der Waals surface area (Å²) in [6.45, 7) is 0. The van der Waals surface area contributed by atoms with Crippen molar-refractivity contribution >= 4 is 28.6 Å². The molecule has 0 aliphatic carbocycles. The van der Waals surface area contributed by atoms with Crippen molar-refractivity contribution in [3.05, 3.63) is 52.6 Å². The SMILES string of the molecule is N#Cc1c(F)cccc1-n1c(N)nc2cc(F)c(Cl)cc21. The summed E-state index contributed by atoms with van der Waals surface area (Å²) >= 11 is 5.77. The number of rotatable bonds is 1. The molecule has 0 fully saturated rings. The highest BCUT2D eigenvalue weighted by atomic mass is 35.5. The highest BCUT2D eigenvalue weighted by Crippen LogP contribution is 2.29. The van der Waals surface area contributed by atoms with Crippen LogP contribution in [-0.4, -0.2) is 9.55 Å². The van der Waals surface area contributed by atoms with Crippen LogP contribution in [-0.2, 0) is 0 Å². The van der Waals surface area contributed by atoms with E-state index in [9.17, 15) is 8.78 Å². The Balaban J connectivity index is 2.41. The normalized spacial score (nSPS) is 10.8. The number of imidazole rings is 1. The molecule has 0 saturated carbocycles. The molecule has 0 amide bonds. The quantitative estimate of drug-likeness (QED) is 0.749. The van der Waals surface area contributed by atoms with E-state index in [1.54, 1.807) is 6.07 Å². The molecule has 0 atom stereocenters. The predicted molar refractivity (Wildman–Crippen MR) is 75.1 cm³/mol. The largest absolute Gasteiger partial charge is 0.369 e. The summed E-state index contributed by atoms with van der Waals surface area (Å²) < 4.78 is 28.6. The van der Waals surface area contributed by atoms with Crippen molar-refractivity contribution in [1.82, 2.24) is 9.55 Å². The Morgan fingerprint density at radius 1 is 1.24 bits per heavy atom. The van der Waals surface area contributed by atoms with Gasteiger partial charge in [0.1, 0.15) is 23.3 Å². The van der Waals surface area contributed by atoms with E-state index in [0.29, 0.717) is 5.52 Å². The molecule has 3 aromatic rings. The van der Waals surface area contributed by atoms with Crippen LogP contribution >= 0.6 is 11.6 Å². The molecule has 0 spiro atoms. The lowest BCUT2D eigenvalue weighted by Gasteiger charge is -2.09. The molecule has 104 valence electrons. The maximum absolute atomic E-state index is 13.7. The average molecular weight is 305 g/mol. The molecular formula is C14H7ClF2N4. The first-order valence-corrected chi connectivity index (χ1v) is 6.22. The van der Waals surface area contributed by atoms with E-state index in [1.807, 2.05) is 0 Å². The molecule has 2 N–H and O–H groups in total. The molecule has 1 heterocycles. The molecule has 1 aromatic heterocycles. The van der Waals surface area contributed by atoms with Gasteiger partial charge in [-0.15, -0.1) is 0 Å². The Morgan fingerprint density at radius 2 is 2.00 bits per heavy atom. The van der Waals surface area contributed by atoms with Crippen LogP contribution in [0.5, 0.6) is 0 Å². The van der Waals surface area contributed by atoms with Gasteiger partial charge in [-0.25, -0.2) is 13.8 Å². The molecule has 4 nitrogen and oxygen atoms in total. The van der Waals surface area contributed by atoms with Crippen molar-refractivity contribution in [2.45, 2.75) is 0 Å². The second kappa shape index (κ2) is 4.72. The van der Waals surface area contributed by atoms with E-state index in [-0.39, 0.29) is 27.7 Å². The summed E-state index contributed by atoms with van der Waals surface area (Å²) in [5.74, 6) is -1.30. The third kappa shape index (κ3) is 1.99. The van der Waals surface area contributed by atoms with Gasteiger partial charge in [-0.3, -0.25) is 4.57 Å². The monoisotopic (exact) mass is 304 g/mol. The second-order valence-electron chi connectivity index (χ2n) is 4.31. The van der Waals surface area contributed by atoms with Crippen LogP contribution < -0.4 is 5.73 Å². The number of nitrogen functional groups attached to an aromatic ring is 1. The van der Waals surface area contributed by atoms with E-state index in [2.05, 4.69) is 4.98 Å². The molecule has 0 aliphatic rings. The van der Waals surface area contributed by atoms with Crippen LogP contribution in [0.15, 0.2) is 30.3 Å². The Labute approximate surface area is 123 Å². The zero-order valence-electron chi connectivity index (χ0n) is 10.4.